The van der Waals surface area contributed by atoms with Gasteiger partial charge in [-0.3, -0.25) is 14.4 Å². The van der Waals surface area contributed by atoms with E-state index >= 15 is 0 Å². The molecule has 3 atom stereocenters. The first-order chi connectivity index (χ1) is 16.1. The fourth-order valence-electron chi connectivity index (χ4n) is 4.22. The summed E-state index contributed by atoms with van der Waals surface area (Å²) in [4.78, 5) is 57.6. The number of amides is 2. The first-order valence-electron chi connectivity index (χ1n) is 10.9. The molecule has 3 heterocycles. The molecular formula is C24H26N2O6S2. The Morgan fingerprint density at radius 3 is 2.56 bits per heavy atom. The quantitative estimate of drug-likeness (QED) is 0.212. The van der Waals surface area contributed by atoms with Crippen LogP contribution in [0.25, 0.3) is 0 Å². The van der Waals surface area contributed by atoms with Crippen LogP contribution in [-0.2, 0) is 24.0 Å². The van der Waals surface area contributed by atoms with Crippen molar-refractivity contribution in [2.45, 2.75) is 62.1 Å². The molecule has 1 aromatic heterocycles. The highest BCUT2D eigenvalue weighted by atomic mass is 32.2. The summed E-state index contributed by atoms with van der Waals surface area (Å²) in [5.41, 5.74) is 3.40. The Kier molecular flexibility index (Phi) is 6.73. The molecule has 0 saturated carbocycles. The number of esters is 1. The molecule has 2 aliphatic rings. The lowest BCUT2D eigenvalue weighted by molar-refractivity contribution is -0.170. The lowest BCUT2D eigenvalue weighted by Gasteiger charge is -2.37. The van der Waals surface area contributed by atoms with Gasteiger partial charge in [0.25, 0.3) is 5.91 Å². The molecule has 1 aromatic carbocycles. The summed E-state index contributed by atoms with van der Waals surface area (Å²) in [5, 5.41) is 3.34. The number of thiophene rings is 1. The van der Waals surface area contributed by atoms with Crippen molar-refractivity contribution in [1.82, 2.24) is 10.4 Å². The standard InChI is InChI=1S/C24H26N2O6S2/c1-13(2)15-7-5-6-8-16(15)31-22(29)19(14-9-10-33-12-14)21(28)25-32-23(30)20-24(3,4)34-18-11-17(27)26(18)20/h5-10,12-13,18-20H,11H2,1-4H3,(H,25,28)/t18-,19?,20+/m1/s1. The van der Waals surface area contributed by atoms with Crippen LogP contribution in [0.5, 0.6) is 5.75 Å². The molecule has 2 amide bonds. The molecule has 4 rings (SSSR count). The number of β-lactam (4-membered cyclic amide) rings is 1. The highest BCUT2D eigenvalue weighted by Gasteiger charge is 2.59. The first kappa shape index (κ1) is 24.3. The summed E-state index contributed by atoms with van der Waals surface area (Å²) in [5.74, 6) is -3.32. The maximum absolute atomic E-state index is 13.1. The summed E-state index contributed by atoms with van der Waals surface area (Å²) in [6.45, 7) is 7.67. The maximum atomic E-state index is 13.1. The molecular weight excluding hydrogens is 476 g/mol. The fraction of sp³-hybridized carbons (Fsp3) is 0.417. The number of para-hydroxylation sites is 1. The molecule has 0 bridgehead atoms. The second kappa shape index (κ2) is 9.42. The number of hydrogen-bond donors (Lipinski definition) is 1. The van der Waals surface area contributed by atoms with Crippen LogP contribution in [0.15, 0.2) is 41.1 Å². The minimum absolute atomic E-state index is 0.0645. The van der Waals surface area contributed by atoms with Crippen molar-refractivity contribution in [3.63, 3.8) is 0 Å². The summed E-state index contributed by atoms with van der Waals surface area (Å²) in [7, 11) is 0. The van der Waals surface area contributed by atoms with Gasteiger partial charge in [-0.2, -0.15) is 16.8 Å². The van der Waals surface area contributed by atoms with Crippen molar-refractivity contribution in [2.24, 2.45) is 0 Å². The summed E-state index contributed by atoms with van der Waals surface area (Å²) >= 11 is 2.85. The van der Waals surface area contributed by atoms with Gasteiger partial charge in [0.15, 0.2) is 5.92 Å². The number of fused-ring (bicyclic) bond motifs is 1. The van der Waals surface area contributed by atoms with Gasteiger partial charge >= 0.3 is 11.9 Å². The van der Waals surface area contributed by atoms with E-state index in [1.165, 1.54) is 28.0 Å². The maximum Gasteiger partial charge on any atom is 0.355 e. The van der Waals surface area contributed by atoms with Gasteiger partial charge in [0.05, 0.1) is 11.8 Å². The lowest BCUT2D eigenvalue weighted by atomic mass is 9.98. The number of nitrogens with one attached hydrogen (secondary N) is 1. The van der Waals surface area contributed by atoms with E-state index in [0.29, 0.717) is 17.7 Å². The number of rotatable bonds is 6. The zero-order valence-corrected chi connectivity index (χ0v) is 20.9. The molecule has 0 aliphatic carbocycles. The first-order valence-corrected chi connectivity index (χ1v) is 12.7. The third-order valence-electron chi connectivity index (χ3n) is 5.93. The van der Waals surface area contributed by atoms with Gasteiger partial charge in [-0.05, 0) is 53.8 Å². The second-order valence-electron chi connectivity index (χ2n) is 9.07. The van der Waals surface area contributed by atoms with E-state index in [-0.39, 0.29) is 17.2 Å². The Morgan fingerprint density at radius 1 is 1.18 bits per heavy atom. The minimum atomic E-state index is -1.33. The molecule has 1 unspecified atom stereocenters. The largest absolute Gasteiger partial charge is 0.425 e. The van der Waals surface area contributed by atoms with Crippen LogP contribution in [-0.4, -0.2) is 44.8 Å². The number of carbonyl (C=O) groups is 4. The highest BCUT2D eigenvalue weighted by Crippen LogP contribution is 2.50. The molecule has 2 fully saturated rings. The van der Waals surface area contributed by atoms with E-state index in [1.54, 1.807) is 29.0 Å². The highest BCUT2D eigenvalue weighted by molar-refractivity contribution is 8.01. The number of hydroxylamine groups is 1. The third-order valence-corrected chi connectivity index (χ3v) is 8.12. The Labute approximate surface area is 205 Å². The summed E-state index contributed by atoms with van der Waals surface area (Å²) < 4.78 is 5.05. The number of ether oxygens (including phenoxy) is 1. The molecule has 2 saturated heterocycles. The van der Waals surface area contributed by atoms with E-state index in [2.05, 4.69) is 5.48 Å². The van der Waals surface area contributed by atoms with Crippen molar-refractivity contribution < 1.29 is 28.8 Å². The van der Waals surface area contributed by atoms with Crippen molar-refractivity contribution in [1.29, 1.82) is 0 Å². The SMILES string of the molecule is CC(C)c1ccccc1OC(=O)C(C(=O)NOC(=O)[C@@H]1N2C(=O)C[C@H]2SC1(C)C)c1ccsc1. The minimum Gasteiger partial charge on any atom is -0.425 e. The molecule has 0 radical (unpaired) electrons. The van der Waals surface area contributed by atoms with Crippen LogP contribution < -0.4 is 10.2 Å². The average molecular weight is 503 g/mol. The van der Waals surface area contributed by atoms with Crippen LogP contribution in [0, 0.1) is 0 Å². The lowest BCUT2D eigenvalue weighted by Crippen LogP contribution is -2.58. The number of nitrogens with zero attached hydrogens (tertiary/aromatic N) is 1. The number of benzene rings is 1. The van der Waals surface area contributed by atoms with E-state index in [0.717, 1.165) is 5.56 Å². The molecule has 0 spiro atoms. The smallest absolute Gasteiger partial charge is 0.355 e. The molecule has 2 aromatic rings. The van der Waals surface area contributed by atoms with Crippen molar-refractivity contribution in [3.8, 4) is 5.75 Å². The van der Waals surface area contributed by atoms with Gasteiger partial charge in [0.1, 0.15) is 11.8 Å². The van der Waals surface area contributed by atoms with Crippen molar-refractivity contribution in [2.75, 3.05) is 0 Å². The number of carbonyl (C=O) groups excluding carboxylic acids is 4. The van der Waals surface area contributed by atoms with Gasteiger partial charge in [-0.25, -0.2) is 4.79 Å². The van der Waals surface area contributed by atoms with Crippen LogP contribution in [0.2, 0.25) is 0 Å². The second-order valence-corrected chi connectivity index (χ2v) is 11.7. The Balaban J connectivity index is 1.48. The van der Waals surface area contributed by atoms with Gasteiger partial charge in [-0.1, -0.05) is 32.0 Å². The van der Waals surface area contributed by atoms with Crippen molar-refractivity contribution >= 4 is 46.9 Å². The zero-order chi connectivity index (χ0) is 24.6. The van der Waals surface area contributed by atoms with Crippen LogP contribution in [0.1, 0.15) is 57.1 Å². The molecule has 34 heavy (non-hydrogen) atoms. The van der Waals surface area contributed by atoms with Gasteiger partial charge < -0.3 is 14.5 Å². The van der Waals surface area contributed by atoms with Crippen LogP contribution in [0.4, 0.5) is 0 Å². The third kappa shape index (κ3) is 4.56. The van der Waals surface area contributed by atoms with E-state index in [1.807, 2.05) is 39.8 Å². The average Bonchev–Trinajstić information content (AvgIpc) is 3.36. The van der Waals surface area contributed by atoms with Crippen LogP contribution >= 0.6 is 23.1 Å². The topological polar surface area (TPSA) is 102 Å². The Bertz CT molecular complexity index is 1110. The number of hydrogen-bond acceptors (Lipinski definition) is 8. The molecule has 1 N–H and O–H groups in total. The van der Waals surface area contributed by atoms with Crippen LogP contribution in [0.3, 0.4) is 0 Å². The summed E-state index contributed by atoms with van der Waals surface area (Å²) in [6, 6.07) is 7.96. The Hall–Kier alpha value is -2.85. The normalized spacial score (nSPS) is 21.4. The van der Waals surface area contributed by atoms with Crippen molar-refractivity contribution in [3.05, 3.63) is 52.2 Å². The van der Waals surface area contributed by atoms with Gasteiger partial charge in [0.2, 0.25) is 5.91 Å². The number of thioether (sulfide) groups is 1. The van der Waals surface area contributed by atoms with E-state index in [4.69, 9.17) is 9.57 Å². The predicted octanol–water partition coefficient (Wildman–Crippen LogP) is 3.59. The van der Waals surface area contributed by atoms with Gasteiger partial charge in [-0.15, -0.1) is 11.8 Å². The van der Waals surface area contributed by atoms with E-state index < -0.39 is 34.6 Å². The predicted molar refractivity (Wildman–Crippen MR) is 128 cm³/mol. The molecule has 8 nitrogen and oxygen atoms in total. The zero-order valence-electron chi connectivity index (χ0n) is 19.3. The molecule has 10 heteroatoms. The molecule has 180 valence electrons. The van der Waals surface area contributed by atoms with E-state index in [9.17, 15) is 19.2 Å². The monoisotopic (exact) mass is 502 g/mol. The molecule has 2 aliphatic heterocycles. The Morgan fingerprint density at radius 2 is 1.91 bits per heavy atom. The van der Waals surface area contributed by atoms with Gasteiger partial charge in [0, 0.05) is 4.75 Å². The summed E-state index contributed by atoms with van der Waals surface area (Å²) in [6.07, 6.45) is 0.383. The fourth-order valence-corrected chi connectivity index (χ4v) is 6.53.